The second kappa shape index (κ2) is 6.11. The Morgan fingerprint density at radius 2 is 1.75 bits per heavy atom. The van der Waals surface area contributed by atoms with Crippen molar-refractivity contribution in [2.24, 2.45) is 0 Å². The van der Waals surface area contributed by atoms with Gasteiger partial charge < -0.3 is 0 Å². The van der Waals surface area contributed by atoms with E-state index in [0.29, 0.717) is 6.42 Å². The summed E-state index contributed by atoms with van der Waals surface area (Å²) in [6.07, 6.45) is 0.438. The number of rotatable bonds is 3. The molecule has 0 aromatic heterocycles. The highest BCUT2D eigenvalue weighted by atomic mass is 35.5. The molecule has 0 radical (unpaired) electrons. The number of hydrogen-bond donors (Lipinski definition) is 0. The van der Waals surface area contributed by atoms with Gasteiger partial charge in [0.05, 0.1) is 10.4 Å². The van der Waals surface area contributed by atoms with Crippen LogP contribution in [0.1, 0.15) is 27.6 Å². The molecule has 2 rings (SSSR count). The first-order valence-electron chi connectivity index (χ1n) is 6.23. The van der Waals surface area contributed by atoms with Gasteiger partial charge in [0.25, 0.3) is 0 Å². The van der Waals surface area contributed by atoms with Crippen molar-refractivity contribution in [2.75, 3.05) is 0 Å². The number of aryl methyl sites for hydroxylation is 2. The van der Waals surface area contributed by atoms with Crippen LogP contribution in [0.2, 0.25) is 5.02 Å². The zero-order chi connectivity index (χ0) is 14.9. The summed E-state index contributed by atoms with van der Waals surface area (Å²) in [7, 11) is 0. The van der Waals surface area contributed by atoms with Crippen LogP contribution in [0.15, 0.2) is 30.3 Å². The van der Waals surface area contributed by atoms with Crippen molar-refractivity contribution < 1.29 is 8.78 Å². The minimum absolute atomic E-state index is 0.134. The maximum atomic E-state index is 13.8. The van der Waals surface area contributed by atoms with Crippen LogP contribution in [0.3, 0.4) is 0 Å². The van der Waals surface area contributed by atoms with E-state index in [-0.39, 0.29) is 10.6 Å². The molecule has 0 fully saturated rings. The Bertz CT molecular complexity index is 639. The maximum Gasteiger partial charge on any atom is 0.142 e. The predicted octanol–water partition coefficient (Wildman–Crippen LogP) is 5.76. The second-order valence-corrected chi connectivity index (χ2v) is 5.82. The van der Waals surface area contributed by atoms with Gasteiger partial charge in [-0.05, 0) is 43.5 Å². The third-order valence-electron chi connectivity index (χ3n) is 3.28. The number of halogens is 4. The van der Waals surface area contributed by atoms with Crippen LogP contribution in [0.5, 0.6) is 0 Å². The molecule has 0 aliphatic rings. The fourth-order valence-electron chi connectivity index (χ4n) is 2.10. The summed E-state index contributed by atoms with van der Waals surface area (Å²) in [4.78, 5) is 0. The minimum atomic E-state index is -0.658. The maximum absolute atomic E-state index is 13.8. The van der Waals surface area contributed by atoms with Crippen LogP contribution < -0.4 is 0 Å². The van der Waals surface area contributed by atoms with E-state index < -0.39 is 17.0 Å². The van der Waals surface area contributed by atoms with Crippen molar-refractivity contribution >= 4 is 23.2 Å². The average molecular weight is 315 g/mol. The Morgan fingerprint density at radius 1 is 1.05 bits per heavy atom. The highest BCUT2D eigenvalue weighted by Gasteiger charge is 2.17. The molecule has 1 atom stereocenters. The van der Waals surface area contributed by atoms with Crippen molar-refractivity contribution in [3.63, 3.8) is 0 Å². The van der Waals surface area contributed by atoms with Crippen molar-refractivity contribution in [2.45, 2.75) is 25.6 Å². The van der Waals surface area contributed by atoms with Crippen LogP contribution in [0.25, 0.3) is 0 Å². The van der Waals surface area contributed by atoms with Gasteiger partial charge in [0.2, 0.25) is 0 Å². The Morgan fingerprint density at radius 3 is 2.45 bits per heavy atom. The summed E-state index contributed by atoms with van der Waals surface area (Å²) in [6, 6.07) is 8.04. The average Bonchev–Trinajstić information content (AvgIpc) is 2.38. The van der Waals surface area contributed by atoms with Crippen LogP contribution >= 0.6 is 23.2 Å². The van der Waals surface area contributed by atoms with Gasteiger partial charge in [0.1, 0.15) is 11.6 Å². The summed E-state index contributed by atoms with van der Waals surface area (Å²) in [5.74, 6) is -1.24. The molecular weight excluding hydrogens is 301 g/mol. The molecule has 0 aliphatic heterocycles. The van der Waals surface area contributed by atoms with Crippen molar-refractivity contribution in [1.82, 2.24) is 0 Å². The lowest BCUT2D eigenvalue weighted by molar-refractivity contribution is 0.582. The molecule has 20 heavy (non-hydrogen) atoms. The summed E-state index contributed by atoms with van der Waals surface area (Å²) < 4.78 is 27.3. The molecular formula is C16H14Cl2F2. The Balaban J connectivity index is 2.30. The minimum Gasteiger partial charge on any atom is -0.207 e. The van der Waals surface area contributed by atoms with Gasteiger partial charge in [-0.1, -0.05) is 35.4 Å². The van der Waals surface area contributed by atoms with Crippen LogP contribution in [-0.4, -0.2) is 0 Å². The fourth-order valence-corrected chi connectivity index (χ4v) is 2.59. The van der Waals surface area contributed by atoms with E-state index in [2.05, 4.69) is 0 Å². The van der Waals surface area contributed by atoms with Crippen molar-refractivity contribution in [1.29, 1.82) is 0 Å². The highest BCUT2D eigenvalue weighted by molar-refractivity contribution is 6.30. The zero-order valence-electron chi connectivity index (χ0n) is 11.2. The van der Waals surface area contributed by atoms with Gasteiger partial charge in [-0.3, -0.25) is 0 Å². The van der Waals surface area contributed by atoms with Gasteiger partial charge in [0, 0.05) is 5.56 Å². The fraction of sp³-hybridized carbons (Fsp3) is 0.250. The largest absolute Gasteiger partial charge is 0.207 e. The lowest BCUT2D eigenvalue weighted by atomic mass is 9.98. The van der Waals surface area contributed by atoms with Crippen molar-refractivity contribution in [3.8, 4) is 0 Å². The molecule has 0 amide bonds. The molecule has 2 aromatic carbocycles. The Kier molecular flexibility index (Phi) is 4.66. The van der Waals surface area contributed by atoms with Gasteiger partial charge >= 0.3 is 0 Å². The van der Waals surface area contributed by atoms with Crippen LogP contribution in [0, 0.1) is 25.5 Å². The monoisotopic (exact) mass is 314 g/mol. The molecule has 0 saturated carbocycles. The molecule has 1 unspecified atom stereocenters. The van der Waals surface area contributed by atoms with E-state index in [1.807, 2.05) is 32.0 Å². The lowest BCUT2D eigenvalue weighted by Gasteiger charge is -2.14. The third-order valence-corrected chi connectivity index (χ3v) is 3.96. The predicted molar refractivity (Wildman–Crippen MR) is 79.6 cm³/mol. The summed E-state index contributed by atoms with van der Waals surface area (Å²) in [6.45, 7) is 3.95. The number of benzene rings is 2. The SMILES string of the molecule is Cc1ccc(C)c(CC(Cl)c2cc(F)c(Cl)cc2F)c1. The molecule has 0 nitrogen and oxygen atoms in total. The van der Waals surface area contributed by atoms with Crippen molar-refractivity contribution in [3.05, 3.63) is 69.2 Å². The summed E-state index contributed by atoms with van der Waals surface area (Å²) >= 11 is 11.8. The standard InChI is InChI=1S/C16H14Cl2F2/c1-9-3-4-10(2)11(5-9)6-13(17)12-7-16(20)14(18)8-15(12)19/h3-5,7-8,13H,6H2,1-2H3. The first-order chi connectivity index (χ1) is 9.38. The first-order valence-corrected chi connectivity index (χ1v) is 7.04. The Hall–Kier alpha value is -1.12. The highest BCUT2D eigenvalue weighted by Crippen LogP contribution is 2.31. The number of hydrogen-bond acceptors (Lipinski definition) is 0. The molecule has 0 spiro atoms. The normalized spacial score (nSPS) is 12.5. The molecule has 0 aliphatic carbocycles. The molecule has 0 saturated heterocycles. The molecule has 106 valence electrons. The molecule has 2 aromatic rings. The van der Waals surface area contributed by atoms with E-state index in [1.165, 1.54) is 0 Å². The molecule has 0 N–H and O–H groups in total. The molecule has 0 heterocycles. The van der Waals surface area contributed by atoms with Crippen LogP contribution in [-0.2, 0) is 6.42 Å². The Labute approximate surface area is 127 Å². The number of alkyl halides is 1. The smallest absolute Gasteiger partial charge is 0.142 e. The van der Waals surface area contributed by atoms with Gasteiger partial charge in [-0.25, -0.2) is 8.78 Å². The first kappa shape index (κ1) is 15.3. The van der Waals surface area contributed by atoms with Gasteiger partial charge in [-0.15, -0.1) is 11.6 Å². The van der Waals surface area contributed by atoms with E-state index in [1.54, 1.807) is 0 Å². The topological polar surface area (TPSA) is 0 Å². The van der Waals surface area contributed by atoms with Gasteiger partial charge in [0.15, 0.2) is 0 Å². The molecule has 0 bridgehead atoms. The quantitative estimate of drug-likeness (QED) is 0.499. The summed E-state index contributed by atoms with van der Waals surface area (Å²) in [5, 5.41) is -0.871. The van der Waals surface area contributed by atoms with E-state index in [9.17, 15) is 8.78 Å². The van der Waals surface area contributed by atoms with Gasteiger partial charge in [-0.2, -0.15) is 0 Å². The third kappa shape index (κ3) is 3.31. The second-order valence-electron chi connectivity index (χ2n) is 4.89. The lowest BCUT2D eigenvalue weighted by Crippen LogP contribution is -2.02. The zero-order valence-corrected chi connectivity index (χ0v) is 12.7. The summed E-state index contributed by atoms with van der Waals surface area (Å²) in [5.41, 5.74) is 3.35. The van der Waals surface area contributed by atoms with E-state index in [0.717, 1.165) is 28.8 Å². The van der Waals surface area contributed by atoms with E-state index in [4.69, 9.17) is 23.2 Å². The van der Waals surface area contributed by atoms with Crippen LogP contribution in [0.4, 0.5) is 8.78 Å². The van der Waals surface area contributed by atoms with E-state index >= 15 is 0 Å². The molecule has 4 heteroatoms.